The SMILES string of the molecule is CCOc1ccc(N(CCC(=O)N2CCN(c3ccccn3)CC2)C(C)=O)cc1. The molecule has 1 aromatic heterocycles. The molecule has 0 radical (unpaired) electrons. The lowest BCUT2D eigenvalue weighted by Crippen LogP contribution is -2.49. The van der Waals surface area contributed by atoms with Crippen molar-refractivity contribution in [3.63, 3.8) is 0 Å². The summed E-state index contributed by atoms with van der Waals surface area (Å²) in [5, 5.41) is 0. The first-order valence-corrected chi connectivity index (χ1v) is 10.0. The number of nitrogens with zero attached hydrogens (tertiary/aromatic N) is 4. The molecule has 1 aliphatic heterocycles. The van der Waals surface area contributed by atoms with Crippen LogP contribution in [0.4, 0.5) is 11.5 Å². The first kappa shape index (κ1) is 20.6. The Balaban J connectivity index is 1.52. The van der Waals surface area contributed by atoms with Gasteiger partial charge in [-0.15, -0.1) is 0 Å². The number of hydrogen-bond acceptors (Lipinski definition) is 5. The van der Waals surface area contributed by atoms with E-state index in [0.29, 0.717) is 32.7 Å². The summed E-state index contributed by atoms with van der Waals surface area (Å²) in [4.78, 5) is 34.8. The third-order valence-electron chi connectivity index (χ3n) is 4.99. The van der Waals surface area contributed by atoms with E-state index < -0.39 is 0 Å². The number of benzene rings is 1. The molecule has 2 amide bonds. The van der Waals surface area contributed by atoms with Gasteiger partial charge in [-0.05, 0) is 43.3 Å². The van der Waals surface area contributed by atoms with Crippen LogP contribution in [0.2, 0.25) is 0 Å². The van der Waals surface area contributed by atoms with Crippen LogP contribution in [0, 0.1) is 0 Å². The highest BCUT2D eigenvalue weighted by molar-refractivity contribution is 5.92. The van der Waals surface area contributed by atoms with E-state index in [9.17, 15) is 9.59 Å². The molecule has 0 unspecified atom stereocenters. The van der Waals surface area contributed by atoms with Crippen LogP contribution in [0.15, 0.2) is 48.7 Å². The topological polar surface area (TPSA) is 66.0 Å². The predicted octanol–water partition coefficient (Wildman–Crippen LogP) is 2.57. The highest BCUT2D eigenvalue weighted by atomic mass is 16.5. The molecule has 1 saturated heterocycles. The van der Waals surface area contributed by atoms with Crippen molar-refractivity contribution in [3.8, 4) is 5.75 Å². The summed E-state index contributed by atoms with van der Waals surface area (Å²) < 4.78 is 5.45. The van der Waals surface area contributed by atoms with Gasteiger partial charge in [-0.25, -0.2) is 4.98 Å². The first-order chi connectivity index (χ1) is 14.1. The summed E-state index contributed by atoms with van der Waals surface area (Å²) >= 11 is 0. The van der Waals surface area contributed by atoms with Crippen LogP contribution >= 0.6 is 0 Å². The second kappa shape index (κ2) is 9.91. The summed E-state index contributed by atoms with van der Waals surface area (Å²) in [5.74, 6) is 1.70. The van der Waals surface area contributed by atoms with E-state index in [4.69, 9.17) is 4.74 Å². The Labute approximate surface area is 171 Å². The highest BCUT2D eigenvalue weighted by Crippen LogP contribution is 2.20. The Bertz CT molecular complexity index is 803. The Morgan fingerprint density at radius 1 is 1.07 bits per heavy atom. The number of ether oxygens (including phenoxy) is 1. The lowest BCUT2D eigenvalue weighted by molar-refractivity contribution is -0.131. The third-order valence-corrected chi connectivity index (χ3v) is 4.99. The number of hydrogen-bond donors (Lipinski definition) is 0. The zero-order chi connectivity index (χ0) is 20.6. The number of amides is 2. The van der Waals surface area contributed by atoms with E-state index in [1.54, 1.807) is 11.1 Å². The molecular formula is C22H28N4O3. The number of pyridine rings is 1. The normalized spacial score (nSPS) is 13.9. The third kappa shape index (κ3) is 5.47. The highest BCUT2D eigenvalue weighted by Gasteiger charge is 2.23. The average molecular weight is 396 g/mol. The summed E-state index contributed by atoms with van der Waals surface area (Å²) in [6.07, 6.45) is 2.08. The molecule has 1 fully saturated rings. The molecule has 154 valence electrons. The van der Waals surface area contributed by atoms with Gasteiger partial charge in [-0.1, -0.05) is 6.07 Å². The Kier molecular flexibility index (Phi) is 7.05. The molecule has 3 rings (SSSR count). The van der Waals surface area contributed by atoms with Crippen LogP contribution in [0.1, 0.15) is 20.3 Å². The molecule has 2 aromatic rings. The van der Waals surface area contributed by atoms with Crippen molar-refractivity contribution in [1.29, 1.82) is 0 Å². The summed E-state index contributed by atoms with van der Waals surface area (Å²) in [6, 6.07) is 13.2. The molecule has 0 saturated carbocycles. The number of carbonyl (C=O) groups excluding carboxylic acids is 2. The average Bonchev–Trinajstić information content (AvgIpc) is 2.75. The van der Waals surface area contributed by atoms with Crippen molar-refractivity contribution in [1.82, 2.24) is 9.88 Å². The molecule has 29 heavy (non-hydrogen) atoms. The van der Waals surface area contributed by atoms with Gasteiger partial charge in [0.25, 0.3) is 0 Å². The van der Waals surface area contributed by atoms with E-state index >= 15 is 0 Å². The van der Waals surface area contributed by atoms with Crippen molar-refractivity contribution in [2.75, 3.05) is 49.1 Å². The van der Waals surface area contributed by atoms with Crippen LogP contribution in [0.25, 0.3) is 0 Å². The van der Waals surface area contributed by atoms with Gasteiger partial charge in [0.2, 0.25) is 11.8 Å². The summed E-state index contributed by atoms with van der Waals surface area (Å²) in [6.45, 7) is 7.26. The lowest BCUT2D eigenvalue weighted by atomic mass is 10.2. The largest absolute Gasteiger partial charge is 0.494 e. The molecule has 0 spiro atoms. The van der Waals surface area contributed by atoms with Crippen LogP contribution in [-0.4, -0.2) is 61.0 Å². The molecule has 0 bridgehead atoms. The molecule has 1 aromatic carbocycles. The van der Waals surface area contributed by atoms with Crippen LogP contribution in [-0.2, 0) is 9.59 Å². The minimum absolute atomic E-state index is 0.0721. The Morgan fingerprint density at radius 2 is 1.79 bits per heavy atom. The van der Waals surface area contributed by atoms with Gasteiger partial charge in [-0.2, -0.15) is 0 Å². The summed E-state index contributed by atoms with van der Waals surface area (Å²) in [7, 11) is 0. The quantitative estimate of drug-likeness (QED) is 0.720. The van der Waals surface area contributed by atoms with Crippen molar-refractivity contribution >= 4 is 23.3 Å². The smallest absolute Gasteiger partial charge is 0.224 e. The van der Waals surface area contributed by atoms with Gasteiger partial charge >= 0.3 is 0 Å². The maximum absolute atomic E-state index is 12.7. The number of rotatable bonds is 7. The van der Waals surface area contributed by atoms with Crippen LogP contribution in [0.3, 0.4) is 0 Å². The van der Waals surface area contributed by atoms with E-state index in [1.807, 2.05) is 54.3 Å². The van der Waals surface area contributed by atoms with Crippen molar-refractivity contribution in [2.45, 2.75) is 20.3 Å². The molecule has 0 N–H and O–H groups in total. The minimum atomic E-state index is -0.0815. The Hall–Kier alpha value is -3.09. The van der Waals surface area contributed by atoms with Gasteiger partial charge in [0.1, 0.15) is 11.6 Å². The van der Waals surface area contributed by atoms with Crippen LogP contribution < -0.4 is 14.5 Å². The fourth-order valence-electron chi connectivity index (χ4n) is 3.45. The second-order valence-corrected chi connectivity index (χ2v) is 6.90. The number of aromatic nitrogens is 1. The Morgan fingerprint density at radius 3 is 2.38 bits per heavy atom. The predicted molar refractivity (Wildman–Crippen MR) is 113 cm³/mol. The first-order valence-electron chi connectivity index (χ1n) is 10.0. The van der Waals surface area contributed by atoms with Gasteiger partial charge < -0.3 is 19.4 Å². The van der Waals surface area contributed by atoms with E-state index in [1.165, 1.54) is 6.92 Å². The van der Waals surface area contributed by atoms with Gasteiger partial charge in [0, 0.05) is 58.0 Å². The molecular weight excluding hydrogens is 368 g/mol. The molecule has 7 nitrogen and oxygen atoms in total. The maximum Gasteiger partial charge on any atom is 0.224 e. The van der Waals surface area contributed by atoms with Crippen molar-refractivity contribution in [3.05, 3.63) is 48.7 Å². The van der Waals surface area contributed by atoms with Gasteiger partial charge in [0.05, 0.1) is 6.61 Å². The maximum atomic E-state index is 12.7. The van der Waals surface area contributed by atoms with E-state index in [2.05, 4.69) is 9.88 Å². The van der Waals surface area contributed by atoms with Gasteiger partial charge in [-0.3, -0.25) is 9.59 Å². The number of anilines is 2. The molecule has 2 heterocycles. The van der Waals surface area contributed by atoms with E-state index in [0.717, 1.165) is 30.3 Å². The fourth-order valence-corrected chi connectivity index (χ4v) is 3.45. The van der Waals surface area contributed by atoms with E-state index in [-0.39, 0.29) is 11.8 Å². The molecule has 7 heteroatoms. The zero-order valence-electron chi connectivity index (χ0n) is 17.1. The van der Waals surface area contributed by atoms with Crippen LogP contribution in [0.5, 0.6) is 5.75 Å². The zero-order valence-corrected chi connectivity index (χ0v) is 17.1. The number of piperazine rings is 1. The monoisotopic (exact) mass is 396 g/mol. The van der Waals surface area contributed by atoms with Crippen molar-refractivity contribution in [2.24, 2.45) is 0 Å². The minimum Gasteiger partial charge on any atom is -0.494 e. The van der Waals surface area contributed by atoms with Crippen molar-refractivity contribution < 1.29 is 14.3 Å². The fraction of sp³-hybridized carbons (Fsp3) is 0.409. The molecule has 0 atom stereocenters. The summed E-state index contributed by atoms with van der Waals surface area (Å²) in [5.41, 5.74) is 0.772. The van der Waals surface area contributed by atoms with Gasteiger partial charge in [0.15, 0.2) is 0 Å². The molecule has 1 aliphatic rings. The molecule has 0 aliphatic carbocycles. The standard InChI is InChI=1S/C22H28N4O3/c1-3-29-20-9-7-19(8-10-20)26(18(2)27)13-11-22(28)25-16-14-24(15-17-25)21-6-4-5-12-23-21/h4-10,12H,3,11,13-17H2,1-2H3. The lowest BCUT2D eigenvalue weighted by Gasteiger charge is -2.35. The second-order valence-electron chi connectivity index (χ2n) is 6.90. The number of carbonyl (C=O) groups is 2.